The van der Waals surface area contributed by atoms with E-state index in [1.165, 1.54) is 7.11 Å². The lowest BCUT2D eigenvalue weighted by Crippen LogP contribution is -2.49. The van der Waals surface area contributed by atoms with E-state index in [9.17, 15) is 14.4 Å². The summed E-state index contributed by atoms with van der Waals surface area (Å²) in [6.45, 7) is 2.10. The molecule has 0 aliphatic carbocycles. The zero-order valence-electron chi connectivity index (χ0n) is 13.2. The molecule has 24 heavy (non-hydrogen) atoms. The molecule has 1 unspecified atom stereocenters. The van der Waals surface area contributed by atoms with E-state index in [4.69, 9.17) is 14.2 Å². The van der Waals surface area contributed by atoms with Crippen LogP contribution >= 0.6 is 15.9 Å². The number of ether oxygens (including phenoxy) is 3. The van der Waals surface area contributed by atoms with Crippen molar-refractivity contribution in [2.45, 2.75) is 12.7 Å². The summed E-state index contributed by atoms with van der Waals surface area (Å²) in [5.74, 6) is -3.67. The van der Waals surface area contributed by atoms with Crippen LogP contribution in [0.25, 0.3) is 0 Å². The predicted molar refractivity (Wildman–Crippen MR) is 85.3 cm³/mol. The molecule has 1 aromatic rings. The highest BCUT2D eigenvalue weighted by Gasteiger charge is 2.49. The molecule has 0 bridgehead atoms. The monoisotopic (exact) mass is 397 g/mol. The number of esters is 1. The van der Waals surface area contributed by atoms with Crippen molar-refractivity contribution in [1.82, 2.24) is 4.90 Å². The van der Waals surface area contributed by atoms with E-state index in [0.29, 0.717) is 28.8 Å². The molecular formula is C16H16BrNO6. The van der Waals surface area contributed by atoms with E-state index in [-0.39, 0.29) is 6.54 Å². The van der Waals surface area contributed by atoms with Gasteiger partial charge in [-0.05, 0) is 25.1 Å². The first-order valence-electron chi connectivity index (χ1n) is 7.39. The molecule has 1 atom stereocenters. The summed E-state index contributed by atoms with van der Waals surface area (Å²) in [5, 5.41) is 0. The molecule has 2 aliphatic rings. The average molecular weight is 398 g/mol. The number of methoxy groups -OCH3 is 1. The van der Waals surface area contributed by atoms with E-state index >= 15 is 0 Å². The number of carbonyl (C=O) groups excluding carboxylic acids is 3. The van der Waals surface area contributed by atoms with Crippen LogP contribution in [-0.4, -0.2) is 55.3 Å². The van der Waals surface area contributed by atoms with Gasteiger partial charge in [-0.1, -0.05) is 15.9 Å². The van der Waals surface area contributed by atoms with Crippen LogP contribution in [0.5, 0.6) is 0 Å². The van der Waals surface area contributed by atoms with Gasteiger partial charge in [0.15, 0.2) is 5.79 Å². The molecular weight excluding hydrogens is 382 g/mol. The fourth-order valence-corrected chi connectivity index (χ4v) is 3.30. The summed E-state index contributed by atoms with van der Waals surface area (Å²) in [4.78, 5) is 38.3. The fraction of sp³-hybridized carbons (Fsp3) is 0.438. The number of hydrogen-bond donors (Lipinski definition) is 0. The first-order valence-corrected chi connectivity index (χ1v) is 8.18. The summed E-state index contributed by atoms with van der Waals surface area (Å²) in [6.07, 6.45) is 0. The number of fused-ring (bicyclic) bond motifs is 1. The van der Waals surface area contributed by atoms with Gasteiger partial charge in [0.2, 0.25) is 0 Å². The fourth-order valence-electron chi connectivity index (χ4n) is 2.94. The van der Waals surface area contributed by atoms with Crippen molar-refractivity contribution in [2.24, 2.45) is 5.92 Å². The molecule has 0 radical (unpaired) electrons. The van der Waals surface area contributed by atoms with Crippen molar-refractivity contribution < 1.29 is 28.6 Å². The number of hydrogen-bond acceptors (Lipinski definition) is 6. The van der Waals surface area contributed by atoms with Crippen molar-refractivity contribution in [2.75, 3.05) is 26.9 Å². The van der Waals surface area contributed by atoms with Crippen molar-refractivity contribution in [3.8, 4) is 0 Å². The molecule has 3 rings (SSSR count). The number of carbonyl (C=O) groups is 3. The third-order valence-corrected chi connectivity index (χ3v) is 4.77. The van der Waals surface area contributed by atoms with Crippen LogP contribution in [-0.2, 0) is 19.0 Å². The van der Waals surface area contributed by atoms with Crippen LogP contribution < -0.4 is 0 Å². The maximum absolute atomic E-state index is 12.6. The van der Waals surface area contributed by atoms with Crippen LogP contribution in [0, 0.1) is 5.92 Å². The Morgan fingerprint density at radius 1 is 1.29 bits per heavy atom. The topological polar surface area (TPSA) is 82.1 Å². The summed E-state index contributed by atoms with van der Waals surface area (Å²) >= 11 is 3.28. The lowest BCUT2D eigenvalue weighted by atomic mass is 9.99. The van der Waals surface area contributed by atoms with Gasteiger partial charge in [0.1, 0.15) is 5.92 Å². The molecule has 128 valence electrons. The van der Waals surface area contributed by atoms with Gasteiger partial charge in [0.05, 0.1) is 31.5 Å². The van der Waals surface area contributed by atoms with Crippen LogP contribution in [0.4, 0.5) is 0 Å². The number of halogens is 1. The van der Waals surface area contributed by atoms with Crippen molar-refractivity contribution >= 4 is 33.7 Å². The number of rotatable bonds is 4. The van der Waals surface area contributed by atoms with Gasteiger partial charge in [0, 0.05) is 11.0 Å². The Balaban J connectivity index is 1.90. The highest BCUT2D eigenvalue weighted by Crippen LogP contribution is 2.33. The van der Waals surface area contributed by atoms with Crippen LogP contribution in [0.15, 0.2) is 22.7 Å². The van der Waals surface area contributed by atoms with E-state index in [1.54, 1.807) is 25.1 Å². The second-order valence-electron chi connectivity index (χ2n) is 5.70. The number of imide groups is 1. The second-order valence-corrected chi connectivity index (χ2v) is 6.62. The molecule has 2 amide bonds. The number of benzene rings is 1. The zero-order valence-corrected chi connectivity index (χ0v) is 14.8. The minimum Gasteiger partial charge on any atom is -0.469 e. The largest absolute Gasteiger partial charge is 0.469 e. The molecule has 0 spiro atoms. The Kier molecular flexibility index (Phi) is 4.46. The molecule has 8 heteroatoms. The highest BCUT2D eigenvalue weighted by atomic mass is 79.9. The lowest BCUT2D eigenvalue weighted by molar-refractivity contribution is -0.199. The maximum Gasteiger partial charge on any atom is 0.315 e. The quantitative estimate of drug-likeness (QED) is 0.566. The van der Waals surface area contributed by atoms with E-state index in [1.807, 2.05) is 0 Å². The maximum atomic E-state index is 12.6. The number of nitrogens with zero attached hydrogens (tertiary/aromatic N) is 1. The van der Waals surface area contributed by atoms with E-state index in [2.05, 4.69) is 15.9 Å². The Morgan fingerprint density at radius 2 is 1.92 bits per heavy atom. The third-order valence-electron chi connectivity index (χ3n) is 4.28. The molecule has 7 nitrogen and oxygen atoms in total. The van der Waals surface area contributed by atoms with E-state index < -0.39 is 29.5 Å². The van der Waals surface area contributed by atoms with Crippen LogP contribution in [0.2, 0.25) is 0 Å². The molecule has 1 fully saturated rings. The zero-order chi connectivity index (χ0) is 17.5. The molecule has 0 saturated carbocycles. The average Bonchev–Trinajstić information content (AvgIpc) is 3.09. The number of amides is 2. The van der Waals surface area contributed by atoms with Crippen molar-refractivity contribution in [1.29, 1.82) is 0 Å². The molecule has 0 aromatic heterocycles. The first-order chi connectivity index (χ1) is 11.4. The van der Waals surface area contributed by atoms with Crippen LogP contribution in [0.1, 0.15) is 27.6 Å². The standard InChI is InChI=1S/C16H16BrNO6/c1-16(23-5-6-24-16)12(15(21)22-2)8-18-13(19)10-4-3-9(17)7-11(10)14(18)20/h3-4,7,12H,5-6,8H2,1-2H3. The van der Waals surface area contributed by atoms with Gasteiger partial charge in [-0.3, -0.25) is 19.3 Å². The van der Waals surface area contributed by atoms with Gasteiger partial charge in [-0.25, -0.2) is 0 Å². The minimum absolute atomic E-state index is 0.173. The summed E-state index contributed by atoms with van der Waals surface area (Å²) in [5.41, 5.74) is 0.613. The molecule has 0 N–H and O–H groups in total. The smallest absolute Gasteiger partial charge is 0.315 e. The van der Waals surface area contributed by atoms with Crippen LogP contribution in [0.3, 0.4) is 0 Å². The summed E-state index contributed by atoms with van der Waals surface area (Å²) in [6, 6.07) is 4.86. The highest BCUT2D eigenvalue weighted by molar-refractivity contribution is 9.10. The minimum atomic E-state index is -1.23. The molecule has 2 aliphatic heterocycles. The van der Waals surface area contributed by atoms with Crippen molar-refractivity contribution in [3.63, 3.8) is 0 Å². The predicted octanol–water partition coefficient (Wildman–Crippen LogP) is 1.60. The van der Waals surface area contributed by atoms with Gasteiger partial charge >= 0.3 is 5.97 Å². The van der Waals surface area contributed by atoms with Gasteiger partial charge in [-0.2, -0.15) is 0 Å². The molecule has 1 aromatic carbocycles. The Morgan fingerprint density at radius 3 is 2.54 bits per heavy atom. The second kappa shape index (κ2) is 6.27. The molecule has 1 saturated heterocycles. The third kappa shape index (κ3) is 2.74. The summed E-state index contributed by atoms with van der Waals surface area (Å²) in [7, 11) is 1.24. The van der Waals surface area contributed by atoms with Crippen molar-refractivity contribution in [3.05, 3.63) is 33.8 Å². The van der Waals surface area contributed by atoms with Gasteiger partial charge in [0.25, 0.3) is 11.8 Å². The van der Waals surface area contributed by atoms with E-state index in [0.717, 1.165) is 4.90 Å². The first kappa shape index (κ1) is 17.1. The SMILES string of the molecule is COC(=O)C(CN1C(=O)c2ccc(Br)cc2C1=O)C1(C)OCCO1. The Bertz CT molecular complexity index is 713. The Hall–Kier alpha value is -1.77. The summed E-state index contributed by atoms with van der Waals surface area (Å²) < 4.78 is 16.6. The molecule has 2 heterocycles. The van der Waals surface area contributed by atoms with Gasteiger partial charge < -0.3 is 14.2 Å². The lowest BCUT2D eigenvalue weighted by Gasteiger charge is -2.32. The van der Waals surface area contributed by atoms with Gasteiger partial charge in [-0.15, -0.1) is 0 Å². The normalized spacial score (nSPS) is 20.2. The Labute approximate surface area is 147 Å².